The van der Waals surface area contributed by atoms with E-state index in [0.717, 1.165) is 5.56 Å². The van der Waals surface area contributed by atoms with Crippen LogP contribution in [-0.2, 0) is 30.4 Å². The summed E-state index contributed by atoms with van der Waals surface area (Å²) < 4.78 is 27.2. The second-order valence-electron chi connectivity index (χ2n) is 8.16. The quantitative estimate of drug-likeness (QED) is 0.163. The van der Waals surface area contributed by atoms with E-state index in [1.165, 1.54) is 0 Å². The van der Waals surface area contributed by atoms with Gasteiger partial charge >= 0.3 is 18.0 Å². The molecule has 0 fully saturated rings. The minimum Gasteiger partial charge on any atom is -0.490 e. The second-order valence-corrected chi connectivity index (χ2v) is 8.16. The van der Waals surface area contributed by atoms with Gasteiger partial charge < -0.3 is 29.0 Å². The molecule has 0 aromatic heterocycles. The maximum Gasteiger partial charge on any atom is 0.407 e. The fourth-order valence-corrected chi connectivity index (χ4v) is 2.75. The fraction of sp³-hybridized carbons (Fsp3) is 0.321. The number of hydrogen-bond acceptors (Lipinski definition) is 8. The van der Waals surface area contributed by atoms with Crippen molar-refractivity contribution in [2.24, 2.45) is 0 Å². The number of carbonyl (C=O) groups excluding carboxylic acids is 3. The summed E-state index contributed by atoms with van der Waals surface area (Å²) in [4.78, 5) is 35.3. The van der Waals surface area contributed by atoms with Crippen LogP contribution in [0.2, 0.25) is 0 Å². The van der Waals surface area contributed by atoms with Crippen molar-refractivity contribution in [2.45, 2.75) is 33.0 Å². The highest BCUT2D eigenvalue weighted by Gasteiger charge is 2.17. The van der Waals surface area contributed by atoms with Crippen molar-refractivity contribution in [1.82, 2.24) is 5.32 Å². The van der Waals surface area contributed by atoms with Gasteiger partial charge in [0, 0.05) is 17.7 Å². The molecule has 1 atom stereocenters. The molecule has 1 amide bonds. The average Bonchev–Trinajstić information content (AvgIpc) is 2.89. The van der Waals surface area contributed by atoms with E-state index in [9.17, 15) is 14.4 Å². The highest BCUT2D eigenvalue weighted by atomic mass is 16.6. The van der Waals surface area contributed by atoms with Gasteiger partial charge in [0.05, 0.1) is 6.61 Å². The van der Waals surface area contributed by atoms with Gasteiger partial charge in [-0.3, -0.25) is 0 Å². The van der Waals surface area contributed by atoms with Crippen LogP contribution in [0.1, 0.15) is 25.8 Å². The Morgan fingerprint density at radius 3 is 2.14 bits per heavy atom. The molecule has 2 aromatic rings. The third-order valence-corrected chi connectivity index (χ3v) is 4.68. The minimum absolute atomic E-state index is 0.0193. The van der Waals surface area contributed by atoms with Crippen molar-refractivity contribution in [3.8, 4) is 11.5 Å². The predicted molar refractivity (Wildman–Crippen MR) is 137 cm³/mol. The normalized spacial score (nSPS) is 11.0. The first-order valence-corrected chi connectivity index (χ1v) is 11.7. The molecule has 9 nitrogen and oxygen atoms in total. The van der Waals surface area contributed by atoms with Crippen LogP contribution in [0, 0.1) is 0 Å². The monoisotopic (exact) mass is 511 g/mol. The van der Waals surface area contributed by atoms with E-state index in [1.807, 2.05) is 18.2 Å². The summed E-state index contributed by atoms with van der Waals surface area (Å²) in [5, 5.41) is 2.62. The van der Waals surface area contributed by atoms with Crippen LogP contribution in [-0.4, -0.2) is 50.5 Å². The molecular formula is C28H33NO8. The van der Waals surface area contributed by atoms with Crippen LogP contribution in [0.3, 0.4) is 0 Å². The van der Waals surface area contributed by atoms with Crippen molar-refractivity contribution < 1.29 is 38.1 Å². The molecule has 0 radical (unpaired) electrons. The van der Waals surface area contributed by atoms with E-state index in [-0.39, 0.29) is 33.0 Å². The zero-order valence-corrected chi connectivity index (χ0v) is 21.2. The Morgan fingerprint density at radius 2 is 1.46 bits per heavy atom. The number of esters is 2. The summed E-state index contributed by atoms with van der Waals surface area (Å²) in [6, 6.07) is 16.2. The second kappa shape index (κ2) is 15.7. The number of para-hydroxylation sites is 1. The molecule has 37 heavy (non-hydrogen) atoms. The molecule has 9 heteroatoms. The van der Waals surface area contributed by atoms with Gasteiger partial charge in [-0.2, -0.15) is 0 Å². The number of alkyl carbamates (subject to hydrolysis) is 1. The first-order chi connectivity index (χ1) is 17.7. The standard InChI is InChI=1S/C28H33NO8/c1-20(2)26(30)33-15-9-14-29-28(32)37-25(18-34-23-11-6-5-7-12-23)19-35-24-13-8-10-22(16-24)17-36-27(31)21(3)4/h5-8,10-13,16,25H,1,3,9,14-15,17-19H2,2,4H3,(H,29,32). The number of hydrogen-bond donors (Lipinski definition) is 1. The Kier molecular flexibility index (Phi) is 12.3. The van der Waals surface area contributed by atoms with Crippen molar-refractivity contribution in [1.29, 1.82) is 0 Å². The van der Waals surface area contributed by atoms with Gasteiger partial charge in [-0.25, -0.2) is 14.4 Å². The first kappa shape index (κ1) is 29.0. The van der Waals surface area contributed by atoms with Crippen LogP contribution in [0.5, 0.6) is 11.5 Å². The van der Waals surface area contributed by atoms with Gasteiger partial charge in [0.15, 0.2) is 6.10 Å². The lowest BCUT2D eigenvalue weighted by atomic mass is 10.2. The first-order valence-electron chi connectivity index (χ1n) is 11.7. The largest absolute Gasteiger partial charge is 0.490 e. The summed E-state index contributed by atoms with van der Waals surface area (Å²) >= 11 is 0. The predicted octanol–water partition coefficient (Wildman–Crippen LogP) is 4.37. The van der Waals surface area contributed by atoms with E-state index < -0.39 is 24.1 Å². The van der Waals surface area contributed by atoms with Gasteiger partial charge in [0.1, 0.15) is 31.3 Å². The van der Waals surface area contributed by atoms with Crippen molar-refractivity contribution in [2.75, 3.05) is 26.4 Å². The van der Waals surface area contributed by atoms with E-state index in [4.69, 9.17) is 23.7 Å². The topological polar surface area (TPSA) is 109 Å². The summed E-state index contributed by atoms with van der Waals surface area (Å²) in [5.74, 6) is 0.183. The van der Waals surface area contributed by atoms with Crippen LogP contribution in [0.4, 0.5) is 4.79 Å². The van der Waals surface area contributed by atoms with Crippen LogP contribution >= 0.6 is 0 Å². The number of carbonyl (C=O) groups is 3. The molecule has 0 aliphatic rings. The zero-order chi connectivity index (χ0) is 27.0. The SMILES string of the molecule is C=C(C)C(=O)OCCCNC(=O)OC(COc1ccccc1)COc1cccc(COC(=O)C(=C)C)c1. The Labute approximate surface area is 217 Å². The number of nitrogens with one attached hydrogen (secondary N) is 1. The number of ether oxygens (including phenoxy) is 5. The molecule has 0 bridgehead atoms. The Hall–Kier alpha value is -4.27. The molecule has 2 aromatic carbocycles. The number of amides is 1. The van der Waals surface area contributed by atoms with Gasteiger partial charge in [-0.15, -0.1) is 0 Å². The van der Waals surface area contributed by atoms with E-state index >= 15 is 0 Å². The average molecular weight is 512 g/mol. The Balaban J connectivity index is 1.88. The maximum atomic E-state index is 12.3. The minimum atomic E-state index is -0.730. The maximum absolute atomic E-state index is 12.3. The molecule has 0 aliphatic heterocycles. The van der Waals surface area contributed by atoms with Crippen molar-refractivity contribution in [3.63, 3.8) is 0 Å². The van der Waals surface area contributed by atoms with E-state index in [2.05, 4.69) is 18.5 Å². The van der Waals surface area contributed by atoms with Gasteiger partial charge in [-0.1, -0.05) is 43.5 Å². The van der Waals surface area contributed by atoms with E-state index in [1.54, 1.807) is 50.2 Å². The lowest BCUT2D eigenvalue weighted by molar-refractivity contribution is -0.140. The van der Waals surface area contributed by atoms with E-state index in [0.29, 0.717) is 29.1 Å². The zero-order valence-electron chi connectivity index (χ0n) is 21.2. The molecule has 0 heterocycles. The Morgan fingerprint density at radius 1 is 0.838 bits per heavy atom. The number of benzene rings is 2. The summed E-state index contributed by atoms with van der Waals surface area (Å²) in [7, 11) is 0. The Bertz CT molecular complexity index is 1070. The molecule has 0 saturated heterocycles. The van der Waals surface area contributed by atoms with Gasteiger partial charge in [0.2, 0.25) is 0 Å². The molecule has 0 aliphatic carbocycles. The lowest BCUT2D eigenvalue weighted by Crippen LogP contribution is -2.36. The molecule has 198 valence electrons. The number of rotatable bonds is 15. The third-order valence-electron chi connectivity index (χ3n) is 4.68. The molecule has 0 spiro atoms. The summed E-state index contributed by atoms with van der Waals surface area (Å²) in [6.45, 7) is 10.8. The summed E-state index contributed by atoms with van der Waals surface area (Å²) in [6.07, 6.45) is -0.971. The third kappa shape index (κ3) is 11.8. The molecular weight excluding hydrogens is 478 g/mol. The van der Waals surface area contributed by atoms with Crippen LogP contribution < -0.4 is 14.8 Å². The van der Waals surface area contributed by atoms with Crippen molar-refractivity contribution in [3.05, 3.63) is 84.5 Å². The van der Waals surface area contributed by atoms with Gasteiger partial charge in [-0.05, 0) is 50.1 Å². The molecule has 2 rings (SSSR count). The lowest BCUT2D eigenvalue weighted by Gasteiger charge is -2.20. The van der Waals surface area contributed by atoms with Crippen LogP contribution in [0.15, 0.2) is 78.9 Å². The van der Waals surface area contributed by atoms with Crippen LogP contribution in [0.25, 0.3) is 0 Å². The molecule has 1 unspecified atom stereocenters. The van der Waals surface area contributed by atoms with Gasteiger partial charge in [0.25, 0.3) is 0 Å². The summed E-state index contributed by atoms with van der Waals surface area (Å²) in [5.41, 5.74) is 1.36. The smallest absolute Gasteiger partial charge is 0.407 e. The molecule has 1 N–H and O–H groups in total. The van der Waals surface area contributed by atoms with Crippen molar-refractivity contribution >= 4 is 18.0 Å². The molecule has 0 saturated carbocycles. The highest BCUT2D eigenvalue weighted by molar-refractivity contribution is 5.87. The highest BCUT2D eigenvalue weighted by Crippen LogP contribution is 2.16. The fourth-order valence-electron chi connectivity index (χ4n) is 2.75.